The van der Waals surface area contributed by atoms with Crippen LogP contribution in [0.5, 0.6) is 5.75 Å². The van der Waals surface area contributed by atoms with E-state index in [1.165, 1.54) is 25.3 Å². The third-order valence-corrected chi connectivity index (χ3v) is 3.01. The van der Waals surface area contributed by atoms with E-state index in [0.29, 0.717) is 22.7 Å². The van der Waals surface area contributed by atoms with Crippen LogP contribution >= 0.6 is 11.6 Å². The van der Waals surface area contributed by atoms with Crippen molar-refractivity contribution in [2.75, 3.05) is 12.4 Å². The van der Waals surface area contributed by atoms with E-state index < -0.39 is 29.4 Å². The molecule has 0 saturated heterocycles. The molecule has 1 heterocycles. The molecule has 0 unspecified atom stereocenters. The van der Waals surface area contributed by atoms with Gasteiger partial charge in [-0.25, -0.2) is 14.8 Å². The second-order valence-corrected chi connectivity index (χ2v) is 4.64. The smallest absolute Gasteiger partial charge is 0.434 e. The van der Waals surface area contributed by atoms with Gasteiger partial charge in [0.1, 0.15) is 11.3 Å². The first-order chi connectivity index (χ1) is 10.7. The van der Waals surface area contributed by atoms with Crippen LogP contribution in [0.1, 0.15) is 16.1 Å². The van der Waals surface area contributed by atoms with Crippen LogP contribution in [0, 0.1) is 0 Å². The Balaban J connectivity index is 2.40. The maximum absolute atomic E-state index is 12.9. The molecule has 0 aliphatic rings. The number of nitrogens with one attached hydrogen (secondary N) is 1. The lowest BCUT2D eigenvalue weighted by Crippen LogP contribution is -2.17. The molecule has 0 aliphatic heterocycles. The number of nitrogens with zero attached hydrogens (tertiary/aromatic N) is 2. The van der Waals surface area contributed by atoms with Gasteiger partial charge in [0.2, 0.25) is 5.95 Å². The van der Waals surface area contributed by atoms with Gasteiger partial charge < -0.3 is 15.2 Å². The number of halogens is 4. The van der Waals surface area contributed by atoms with E-state index in [2.05, 4.69) is 15.3 Å². The minimum absolute atomic E-state index is 0.301. The third kappa shape index (κ3) is 3.81. The molecular weight excluding hydrogens is 339 g/mol. The SMILES string of the molecule is COc1cc(Nc2ncc(C(=O)O)c(C(F)(F)F)n2)ccc1Cl. The van der Waals surface area contributed by atoms with Crippen molar-refractivity contribution in [2.45, 2.75) is 6.18 Å². The molecule has 0 atom stereocenters. The molecule has 10 heteroatoms. The van der Waals surface area contributed by atoms with Crippen LogP contribution in [0.15, 0.2) is 24.4 Å². The van der Waals surface area contributed by atoms with Crippen LogP contribution in [0.2, 0.25) is 5.02 Å². The highest BCUT2D eigenvalue weighted by Gasteiger charge is 2.38. The molecular formula is C13H9ClF3N3O3. The number of alkyl halides is 3. The topological polar surface area (TPSA) is 84.3 Å². The number of aromatic carboxylic acids is 1. The van der Waals surface area contributed by atoms with Crippen molar-refractivity contribution in [3.05, 3.63) is 40.7 Å². The van der Waals surface area contributed by atoms with Crippen molar-refractivity contribution in [3.63, 3.8) is 0 Å². The van der Waals surface area contributed by atoms with Crippen LogP contribution in [-0.2, 0) is 6.18 Å². The summed E-state index contributed by atoms with van der Waals surface area (Å²) in [6, 6.07) is 4.38. The zero-order valence-electron chi connectivity index (χ0n) is 11.5. The number of carboxylic acids is 1. The fourth-order valence-electron chi connectivity index (χ4n) is 1.68. The number of carbonyl (C=O) groups is 1. The van der Waals surface area contributed by atoms with Crippen molar-refractivity contribution >= 4 is 29.2 Å². The Kier molecular flexibility index (Phi) is 4.60. The number of hydrogen-bond donors (Lipinski definition) is 2. The molecule has 0 fully saturated rings. The molecule has 0 saturated carbocycles. The molecule has 0 aliphatic carbocycles. The van der Waals surface area contributed by atoms with Crippen LogP contribution in [0.25, 0.3) is 0 Å². The van der Waals surface area contributed by atoms with E-state index in [1.807, 2.05) is 0 Å². The van der Waals surface area contributed by atoms with E-state index in [1.54, 1.807) is 0 Å². The fourth-order valence-corrected chi connectivity index (χ4v) is 1.88. The summed E-state index contributed by atoms with van der Waals surface area (Å²) < 4.78 is 43.6. The van der Waals surface area contributed by atoms with Crippen molar-refractivity contribution in [3.8, 4) is 5.75 Å². The molecule has 0 radical (unpaired) electrons. The average molecular weight is 348 g/mol. The van der Waals surface area contributed by atoms with Crippen molar-refractivity contribution < 1.29 is 27.8 Å². The number of anilines is 2. The first-order valence-corrected chi connectivity index (χ1v) is 6.38. The van der Waals surface area contributed by atoms with Gasteiger partial charge in [-0.05, 0) is 12.1 Å². The normalized spacial score (nSPS) is 11.2. The first kappa shape index (κ1) is 16.8. The third-order valence-electron chi connectivity index (χ3n) is 2.69. The van der Waals surface area contributed by atoms with Crippen LogP contribution in [0.4, 0.5) is 24.8 Å². The van der Waals surface area contributed by atoms with E-state index in [0.717, 1.165) is 0 Å². The summed E-state index contributed by atoms with van der Waals surface area (Å²) in [6.45, 7) is 0. The lowest BCUT2D eigenvalue weighted by Gasteiger charge is -2.12. The van der Waals surface area contributed by atoms with Gasteiger partial charge in [0.05, 0.1) is 12.1 Å². The van der Waals surface area contributed by atoms with Crippen LogP contribution in [0.3, 0.4) is 0 Å². The minimum Gasteiger partial charge on any atom is -0.495 e. The second-order valence-electron chi connectivity index (χ2n) is 4.23. The highest BCUT2D eigenvalue weighted by Crippen LogP contribution is 2.32. The lowest BCUT2D eigenvalue weighted by molar-refractivity contribution is -0.141. The largest absolute Gasteiger partial charge is 0.495 e. The van der Waals surface area contributed by atoms with Crippen molar-refractivity contribution in [1.82, 2.24) is 9.97 Å². The van der Waals surface area contributed by atoms with E-state index in [9.17, 15) is 18.0 Å². The maximum Gasteiger partial charge on any atom is 0.434 e. The molecule has 0 bridgehead atoms. The molecule has 6 nitrogen and oxygen atoms in total. The number of benzene rings is 1. The number of aromatic nitrogens is 2. The molecule has 0 amide bonds. The number of rotatable bonds is 4. The highest BCUT2D eigenvalue weighted by molar-refractivity contribution is 6.32. The van der Waals surface area contributed by atoms with Gasteiger partial charge >= 0.3 is 12.1 Å². The minimum atomic E-state index is -4.93. The summed E-state index contributed by atoms with van der Waals surface area (Å²) in [4.78, 5) is 17.6. The molecule has 2 N–H and O–H groups in total. The summed E-state index contributed by atoms with van der Waals surface area (Å²) >= 11 is 5.84. The summed E-state index contributed by atoms with van der Waals surface area (Å²) in [6.07, 6.45) is -4.33. The molecule has 1 aromatic heterocycles. The number of ether oxygens (including phenoxy) is 1. The first-order valence-electron chi connectivity index (χ1n) is 6.00. The van der Waals surface area contributed by atoms with Gasteiger partial charge in [0, 0.05) is 18.0 Å². The van der Waals surface area contributed by atoms with Crippen LogP contribution < -0.4 is 10.1 Å². The Labute approximate surface area is 132 Å². The molecule has 2 rings (SSSR count). The Hall–Kier alpha value is -2.55. The predicted octanol–water partition coefficient (Wildman–Crippen LogP) is 3.60. The van der Waals surface area contributed by atoms with Gasteiger partial charge in [-0.15, -0.1) is 0 Å². The second kappa shape index (κ2) is 6.29. The van der Waals surface area contributed by atoms with Gasteiger partial charge in [0.25, 0.3) is 0 Å². The predicted molar refractivity (Wildman–Crippen MR) is 75.3 cm³/mol. The van der Waals surface area contributed by atoms with Crippen molar-refractivity contribution in [2.24, 2.45) is 0 Å². The highest BCUT2D eigenvalue weighted by atomic mass is 35.5. The quantitative estimate of drug-likeness (QED) is 0.879. The standard InChI is InChI=1S/C13H9ClF3N3O3/c1-23-9-4-6(2-3-8(9)14)19-12-18-5-7(11(21)22)10(20-12)13(15,16)17/h2-5H,1H3,(H,21,22)(H,18,19,20). The van der Waals surface area contributed by atoms with Crippen LogP contribution in [-0.4, -0.2) is 28.2 Å². The molecule has 0 spiro atoms. The maximum atomic E-state index is 12.9. The monoisotopic (exact) mass is 347 g/mol. The lowest BCUT2D eigenvalue weighted by atomic mass is 10.2. The zero-order valence-corrected chi connectivity index (χ0v) is 12.2. The van der Waals surface area contributed by atoms with Gasteiger partial charge in [0.15, 0.2) is 5.69 Å². The molecule has 2 aromatic rings. The van der Waals surface area contributed by atoms with E-state index >= 15 is 0 Å². The Morgan fingerprint density at radius 2 is 2.09 bits per heavy atom. The fraction of sp³-hybridized carbons (Fsp3) is 0.154. The molecule has 122 valence electrons. The van der Waals surface area contributed by atoms with Gasteiger partial charge in [-0.2, -0.15) is 13.2 Å². The Morgan fingerprint density at radius 1 is 1.39 bits per heavy atom. The zero-order chi connectivity index (χ0) is 17.2. The average Bonchev–Trinajstić information content (AvgIpc) is 2.48. The van der Waals surface area contributed by atoms with Crippen molar-refractivity contribution in [1.29, 1.82) is 0 Å². The Morgan fingerprint density at radius 3 is 2.65 bits per heavy atom. The summed E-state index contributed by atoms with van der Waals surface area (Å²) in [5, 5.41) is 11.6. The summed E-state index contributed by atoms with van der Waals surface area (Å²) in [5.74, 6) is -1.88. The van der Waals surface area contributed by atoms with Gasteiger partial charge in [-0.3, -0.25) is 0 Å². The molecule has 1 aromatic carbocycles. The van der Waals surface area contributed by atoms with Gasteiger partial charge in [-0.1, -0.05) is 11.6 Å². The number of hydrogen-bond acceptors (Lipinski definition) is 5. The van der Waals surface area contributed by atoms with E-state index in [-0.39, 0.29) is 0 Å². The number of methoxy groups -OCH3 is 1. The summed E-state index contributed by atoms with van der Waals surface area (Å²) in [7, 11) is 1.38. The van der Waals surface area contributed by atoms with E-state index in [4.69, 9.17) is 21.4 Å². The summed E-state index contributed by atoms with van der Waals surface area (Å²) in [5.41, 5.74) is -2.25. The molecule has 23 heavy (non-hydrogen) atoms. The Bertz CT molecular complexity index is 753. The number of carboxylic acid groups (broad SMARTS) is 1.